The highest BCUT2D eigenvalue weighted by Gasteiger charge is 2.27. The molecule has 0 bridgehead atoms. The summed E-state index contributed by atoms with van der Waals surface area (Å²) in [5.74, 6) is -3.50. The maximum atomic E-state index is 12.3. The zero-order valence-electron chi connectivity index (χ0n) is 16.5. The van der Waals surface area contributed by atoms with E-state index in [1.165, 1.54) is 0 Å². The number of amides is 3. The van der Waals surface area contributed by atoms with Gasteiger partial charge in [-0.1, -0.05) is 42.5 Å². The van der Waals surface area contributed by atoms with Gasteiger partial charge in [-0.3, -0.25) is 19.8 Å². The molecular weight excluding hydrogens is 404 g/mol. The van der Waals surface area contributed by atoms with Gasteiger partial charge in [-0.15, -0.1) is 0 Å². The van der Waals surface area contributed by atoms with Gasteiger partial charge in [0.15, 0.2) is 0 Å². The number of nitrogens with one attached hydrogen (secondary N) is 2. The third kappa shape index (κ3) is 7.61. The number of hydrogen-bond acceptors (Lipinski definition) is 6. The molecule has 5 N–H and O–H groups in total. The van der Waals surface area contributed by atoms with Crippen molar-refractivity contribution in [2.75, 3.05) is 5.32 Å². The molecule has 162 valence electrons. The van der Waals surface area contributed by atoms with Crippen molar-refractivity contribution in [2.45, 2.75) is 25.9 Å². The quantitative estimate of drug-likeness (QED) is 0.285. The van der Waals surface area contributed by atoms with Crippen LogP contribution in [0.3, 0.4) is 0 Å². The monoisotopic (exact) mass is 426 g/mol. The number of imide groups is 1. The van der Waals surface area contributed by atoms with Gasteiger partial charge in [-0.25, -0.2) is 4.79 Å². The van der Waals surface area contributed by atoms with Crippen molar-refractivity contribution < 1.29 is 29.0 Å². The second-order valence-electron chi connectivity index (χ2n) is 6.47. The van der Waals surface area contributed by atoms with Gasteiger partial charge < -0.3 is 20.9 Å². The highest BCUT2D eigenvalue weighted by atomic mass is 16.6. The van der Waals surface area contributed by atoms with Gasteiger partial charge in [0.1, 0.15) is 13.0 Å². The summed E-state index contributed by atoms with van der Waals surface area (Å²) < 4.78 is 5.00. The van der Waals surface area contributed by atoms with Crippen LogP contribution in [0, 0.1) is 5.41 Å². The van der Waals surface area contributed by atoms with Crippen LogP contribution < -0.4 is 11.1 Å². The van der Waals surface area contributed by atoms with Crippen LogP contribution in [0.1, 0.15) is 24.0 Å². The van der Waals surface area contributed by atoms with Crippen molar-refractivity contribution in [3.63, 3.8) is 0 Å². The third-order valence-electron chi connectivity index (χ3n) is 4.06. The van der Waals surface area contributed by atoms with Crippen molar-refractivity contribution in [3.8, 4) is 0 Å². The average Bonchev–Trinajstić information content (AvgIpc) is 2.72. The summed E-state index contributed by atoms with van der Waals surface area (Å²) in [7, 11) is 0. The Morgan fingerprint density at radius 3 is 2.23 bits per heavy atom. The number of anilines is 1. The highest BCUT2D eigenvalue weighted by Crippen LogP contribution is 2.12. The molecule has 2 rings (SSSR count). The molecule has 0 heterocycles. The largest absolute Gasteiger partial charge is 0.481 e. The Hall–Kier alpha value is -4.21. The van der Waals surface area contributed by atoms with Crippen molar-refractivity contribution in [1.82, 2.24) is 4.90 Å². The number of carboxylic acids is 1. The number of hydrogen-bond donors (Lipinski definition) is 4. The SMILES string of the molecule is N=C(N)N(C(=O)CC(=O)Nc1ccc(CCC(=O)O)cc1)C(=O)OCc1ccccc1. The lowest BCUT2D eigenvalue weighted by atomic mass is 10.1. The number of carbonyl (C=O) groups excluding carboxylic acids is 3. The van der Waals surface area contributed by atoms with E-state index in [-0.39, 0.29) is 17.9 Å². The molecule has 0 aliphatic rings. The molecule has 0 fully saturated rings. The average molecular weight is 426 g/mol. The van der Waals surface area contributed by atoms with Crippen molar-refractivity contribution in [3.05, 3.63) is 65.7 Å². The summed E-state index contributed by atoms with van der Waals surface area (Å²) >= 11 is 0. The first-order chi connectivity index (χ1) is 14.8. The maximum absolute atomic E-state index is 12.3. The minimum absolute atomic E-state index is 0.0124. The lowest BCUT2D eigenvalue weighted by Crippen LogP contribution is -2.46. The molecule has 0 aliphatic heterocycles. The maximum Gasteiger partial charge on any atom is 0.423 e. The first kappa shape index (κ1) is 23.1. The first-order valence-electron chi connectivity index (χ1n) is 9.24. The molecule has 2 aromatic carbocycles. The predicted octanol–water partition coefficient (Wildman–Crippen LogP) is 2.09. The smallest absolute Gasteiger partial charge is 0.423 e. The first-order valence-corrected chi connectivity index (χ1v) is 9.24. The van der Waals surface area contributed by atoms with Gasteiger partial charge in [-0.2, -0.15) is 4.90 Å². The number of benzene rings is 2. The van der Waals surface area contributed by atoms with Gasteiger partial charge in [0.25, 0.3) is 0 Å². The van der Waals surface area contributed by atoms with Crippen LogP contribution in [0.15, 0.2) is 54.6 Å². The number of carboxylic acid groups (broad SMARTS) is 1. The Bertz CT molecular complexity index is 960. The van der Waals surface area contributed by atoms with Gasteiger partial charge in [0.2, 0.25) is 17.8 Å². The molecule has 31 heavy (non-hydrogen) atoms. The zero-order valence-corrected chi connectivity index (χ0v) is 16.5. The zero-order chi connectivity index (χ0) is 22.8. The topological polar surface area (TPSA) is 163 Å². The summed E-state index contributed by atoms with van der Waals surface area (Å²) in [6.45, 7) is -0.128. The van der Waals surface area contributed by atoms with E-state index in [1.807, 2.05) is 0 Å². The number of ether oxygens (including phenoxy) is 1. The lowest BCUT2D eigenvalue weighted by Gasteiger charge is -2.18. The van der Waals surface area contributed by atoms with Crippen LogP contribution in [-0.4, -0.2) is 39.8 Å². The van der Waals surface area contributed by atoms with E-state index in [4.69, 9.17) is 21.0 Å². The molecular formula is C21H22N4O6. The Morgan fingerprint density at radius 1 is 1.00 bits per heavy atom. The number of aryl methyl sites for hydroxylation is 1. The molecule has 10 nitrogen and oxygen atoms in total. The minimum atomic E-state index is -1.16. The van der Waals surface area contributed by atoms with E-state index in [0.29, 0.717) is 17.7 Å². The molecule has 0 aromatic heterocycles. The number of rotatable bonds is 8. The third-order valence-corrected chi connectivity index (χ3v) is 4.06. The summed E-state index contributed by atoms with van der Waals surface area (Å²) in [4.78, 5) is 47.5. The predicted molar refractivity (Wildman–Crippen MR) is 111 cm³/mol. The normalized spacial score (nSPS) is 10.1. The van der Waals surface area contributed by atoms with E-state index in [0.717, 1.165) is 5.56 Å². The number of guanidine groups is 1. The van der Waals surface area contributed by atoms with Crippen molar-refractivity contribution in [2.24, 2.45) is 5.73 Å². The van der Waals surface area contributed by atoms with E-state index >= 15 is 0 Å². The van der Waals surface area contributed by atoms with Gasteiger partial charge >= 0.3 is 12.1 Å². The van der Waals surface area contributed by atoms with Gasteiger partial charge in [-0.05, 0) is 29.7 Å². The van der Waals surface area contributed by atoms with Gasteiger partial charge in [0.05, 0.1) is 0 Å². The van der Waals surface area contributed by atoms with Crippen LogP contribution in [0.5, 0.6) is 0 Å². The minimum Gasteiger partial charge on any atom is -0.481 e. The van der Waals surface area contributed by atoms with Crippen molar-refractivity contribution >= 4 is 35.5 Å². The fourth-order valence-electron chi connectivity index (χ4n) is 2.55. The van der Waals surface area contributed by atoms with Crippen molar-refractivity contribution in [1.29, 1.82) is 5.41 Å². The molecule has 3 amide bonds. The Kier molecular flexibility index (Phi) is 8.26. The summed E-state index contributed by atoms with van der Waals surface area (Å²) in [6, 6.07) is 15.2. The second-order valence-corrected chi connectivity index (χ2v) is 6.47. The molecule has 0 radical (unpaired) electrons. The van der Waals surface area contributed by atoms with E-state index in [1.54, 1.807) is 54.6 Å². The molecule has 0 atom stereocenters. The van der Waals surface area contributed by atoms with Crippen LogP contribution >= 0.6 is 0 Å². The fourth-order valence-corrected chi connectivity index (χ4v) is 2.55. The van der Waals surface area contributed by atoms with Crippen LogP contribution in [0.4, 0.5) is 10.5 Å². The van der Waals surface area contributed by atoms with Gasteiger partial charge in [0, 0.05) is 12.1 Å². The van der Waals surface area contributed by atoms with Crippen LogP contribution in [0.25, 0.3) is 0 Å². The number of carbonyl (C=O) groups is 4. The fraction of sp³-hybridized carbons (Fsp3) is 0.190. The lowest BCUT2D eigenvalue weighted by molar-refractivity contribution is -0.137. The molecule has 0 saturated carbocycles. The van der Waals surface area contributed by atoms with Crippen LogP contribution in [0.2, 0.25) is 0 Å². The highest BCUT2D eigenvalue weighted by molar-refractivity contribution is 6.14. The van der Waals surface area contributed by atoms with E-state index < -0.39 is 36.3 Å². The number of aliphatic carboxylic acids is 1. The molecule has 2 aromatic rings. The number of nitrogens with two attached hydrogens (primary N) is 1. The van der Waals surface area contributed by atoms with Crippen LogP contribution in [-0.2, 0) is 32.1 Å². The molecule has 0 spiro atoms. The van der Waals surface area contributed by atoms with E-state index in [9.17, 15) is 19.2 Å². The number of nitrogens with zero attached hydrogens (tertiary/aromatic N) is 1. The molecule has 10 heteroatoms. The Balaban J connectivity index is 1.90. The standard InChI is InChI=1S/C21H22N4O6/c22-20(23)25(21(30)31-13-15-4-2-1-3-5-15)18(27)12-17(26)24-16-9-6-14(7-10-16)8-11-19(28)29/h1-7,9-10H,8,11-13H2,(H3,22,23)(H,24,26)(H,28,29). The molecule has 0 saturated heterocycles. The Morgan fingerprint density at radius 2 is 1.65 bits per heavy atom. The molecule has 0 aliphatic carbocycles. The summed E-state index contributed by atoms with van der Waals surface area (Å²) in [5, 5.41) is 18.6. The summed E-state index contributed by atoms with van der Waals surface area (Å²) in [6.07, 6.45) is -1.56. The van der Waals surface area contributed by atoms with E-state index in [2.05, 4.69) is 5.32 Å². The Labute approximate surface area is 178 Å². The second kappa shape index (κ2) is 11.1. The summed E-state index contributed by atoms with van der Waals surface area (Å²) in [5.41, 5.74) is 7.16. The molecule has 0 unspecified atom stereocenters.